The predicted octanol–water partition coefficient (Wildman–Crippen LogP) is 2.27. The van der Waals surface area contributed by atoms with E-state index in [1.165, 1.54) is 38.6 Å². The second kappa shape index (κ2) is 2.48. The van der Waals surface area contributed by atoms with Crippen LogP contribution in [-0.2, 0) is 0 Å². The van der Waals surface area contributed by atoms with Crippen molar-refractivity contribution in [2.24, 2.45) is 5.92 Å². The molecule has 0 bridgehead atoms. The highest BCUT2D eigenvalue weighted by atomic mass is 15.2. The Hall–Kier alpha value is -0.0400. The highest BCUT2D eigenvalue weighted by Gasteiger charge is 2.48. The molecular formula is C10H19N. The molecule has 11 heavy (non-hydrogen) atoms. The van der Waals surface area contributed by atoms with Crippen molar-refractivity contribution in [1.82, 2.24) is 4.90 Å². The molecule has 1 aliphatic carbocycles. The number of likely N-dealkylation sites (tertiary alicyclic amines) is 1. The number of nitrogens with zero attached hydrogens (tertiary/aromatic N) is 1. The van der Waals surface area contributed by atoms with Gasteiger partial charge in [-0.05, 0) is 45.2 Å². The molecule has 0 aromatic rings. The summed E-state index contributed by atoms with van der Waals surface area (Å²) in [5.74, 6) is 1.05. The van der Waals surface area contributed by atoms with Gasteiger partial charge in [-0.15, -0.1) is 0 Å². The van der Waals surface area contributed by atoms with Crippen LogP contribution in [0.1, 0.15) is 39.0 Å². The minimum atomic E-state index is 0.681. The topological polar surface area (TPSA) is 3.24 Å². The third kappa shape index (κ3) is 1.01. The van der Waals surface area contributed by atoms with Crippen molar-refractivity contribution in [3.05, 3.63) is 0 Å². The van der Waals surface area contributed by atoms with E-state index < -0.39 is 0 Å². The fourth-order valence-electron chi connectivity index (χ4n) is 2.89. The molecule has 1 spiro atoms. The van der Waals surface area contributed by atoms with Crippen molar-refractivity contribution in [1.29, 1.82) is 0 Å². The lowest BCUT2D eigenvalue weighted by Gasteiger charge is -2.49. The molecule has 1 aliphatic heterocycles. The van der Waals surface area contributed by atoms with E-state index in [9.17, 15) is 0 Å². The first kappa shape index (κ1) is 7.60. The molecule has 64 valence electrons. The van der Waals surface area contributed by atoms with E-state index in [-0.39, 0.29) is 0 Å². The monoisotopic (exact) mass is 153 g/mol. The minimum Gasteiger partial charge on any atom is -0.301 e. The molecule has 1 nitrogen and oxygen atoms in total. The fraction of sp³-hybridized carbons (Fsp3) is 1.00. The average Bonchev–Trinajstić information content (AvgIpc) is 2.27. The SMILES string of the molecule is CCC1CC2(CCCN2C)C1. The van der Waals surface area contributed by atoms with Crippen LogP contribution in [0.15, 0.2) is 0 Å². The van der Waals surface area contributed by atoms with Crippen molar-refractivity contribution in [2.45, 2.75) is 44.6 Å². The Morgan fingerprint density at radius 2 is 2.18 bits per heavy atom. The lowest BCUT2D eigenvalue weighted by Crippen LogP contribution is -2.51. The van der Waals surface area contributed by atoms with Crippen LogP contribution in [-0.4, -0.2) is 24.0 Å². The molecular weight excluding hydrogens is 134 g/mol. The molecule has 1 saturated heterocycles. The maximum Gasteiger partial charge on any atom is 0.0212 e. The van der Waals surface area contributed by atoms with E-state index in [0.29, 0.717) is 5.54 Å². The zero-order valence-corrected chi connectivity index (χ0v) is 7.77. The normalized spacial score (nSPS) is 44.7. The van der Waals surface area contributed by atoms with E-state index in [0.717, 1.165) is 5.92 Å². The highest BCUT2D eigenvalue weighted by molar-refractivity contribution is 5.04. The maximum atomic E-state index is 2.60. The molecule has 1 heterocycles. The Morgan fingerprint density at radius 1 is 1.45 bits per heavy atom. The summed E-state index contributed by atoms with van der Waals surface area (Å²) in [5, 5.41) is 0. The summed E-state index contributed by atoms with van der Waals surface area (Å²) in [6.45, 7) is 3.67. The van der Waals surface area contributed by atoms with Gasteiger partial charge in [0.15, 0.2) is 0 Å². The summed E-state index contributed by atoms with van der Waals surface area (Å²) in [7, 11) is 2.30. The molecule has 2 aliphatic rings. The van der Waals surface area contributed by atoms with Gasteiger partial charge in [0, 0.05) is 5.54 Å². The van der Waals surface area contributed by atoms with E-state index in [4.69, 9.17) is 0 Å². The van der Waals surface area contributed by atoms with Gasteiger partial charge < -0.3 is 4.90 Å². The average molecular weight is 153 g/mol. The van der Waals surface area contributed by atoms with Crippen LogP contribution in [0.4, 0.5) is 0 Å². The molecule has 1 heteroatoms. The van der Waals surface area contributed by atoms with Crippen LogP contribution in [0.25, 0.3) is 0 Å². The molecule has 1 saturated carbocycles. The second-order valence-electron chi connectivity index (χ2n) is 4.43. The van der Waals surface area contributed by atoms with Crippen LogP contribution < -0.4 is 0 Å². The lowest BCUT2D eigenvalue weighted by molar-refractivity contribution is 0.0226. The Bertz CT molecular complexity index is 147. The van der Waals surface area contributed by atoms with Crippen LogP contribution in [0.5, 0.6) is 0 Å². The summed E-state index contributed by atoms with van der Waals surface area (Å²) < 4.78 is 0. The van der Waals surface area contributed by atoms with Crippen molar-refractivity contribution in [3.8, 4) is 0 Å². The number of hydrogen-bond acceptors (Lipinski definition) is 1. The standard InChI is InChI=1S/C10H19N/c1-3-9-7-10(8-9)5-4-6-11(10)2/h9H,3-8H2,1-2H3. The quantitative estimate of drug-likeness (QED) is 0.558. The van der Waals surface area contributed by atoms with Gasteiger partial charge in [0.05, 0.1) is 0 Å². The van der Waals surface area contributed by atoms with Crippen molar-refractivity contribution in [2.75, 3.05) is 13.6 Å². The van der Waals surface area contributed by atoms with Gasteiger partial charge in [0.2, 0.25) is 0 Å². The molecule has 0 amide bonds. The van der Waals surface area contributed by atoms with Gasteiger partial charge in [-0.3, -0.25) is 0 Å². The van der Waals surface area contributed by atoms with Crippen LogP contribution in [0.2, 0.25) is 0 Å². The first-order valence-electron chi connectivity index (χ1n) is 4.98. The van der Waals surface area contributed by atoms with Gasteiger partial charge in [-0.2, -0.15) is 0 Å². The summed E-state index contributed by atoms with van der Waals surface area (Å²) in [6.07, 6.45) is 7.28. The molecule has 0 N–H and O–H groups in total. The molecule has 0 aromatic carbocycles. The van der Waals surface area contributed by atoms with E-state index in [1.807, 2.05) is 0 Å². The van der Waals surface area contributed by atoms with Crippen molar-refractivity contribution < 1.29 is 0 Å². The van der Waals surface area contributed by atoms with Crippen molar-refractivity contribution >= 4 is 0 Å². The largest absolute Gasteiger partial charge is 0.301 e. The van der Waals surface area contributed by atoms with E-state index >= 15 is 0 Å². The number of rotatable bonds is 1. The summed E-state index contributed by atoms with van der Waals surface area (Å²) >= 11 is 0. The minimum absolute atomic E-state index is 0.681. The molecule has 2 rings (SSSR count). The van der Waals surface area contributed by atoms with Gasteiger partial charge in [0.25, 0.3) is 0 Å². The molecule has 0 aromatic heterocycles. The lowest BCUT2D eigenvalue weighted by atomic mass is 9.66. The zero-order valence-electron chi connectivity index (χ0n) is 7.77. The summed E-state index contributed by atoms with van der Waals surface area (Å²) in [5.41, 5.74) is 0.681. The molecule has 0 radical (unpaired) electrons. The van der Waals surface area contributed by atoms with E-state index in [2.05, 4.69) is 18.9 Å². The molecule has 0 atom stereocenters. The fourth-order valence-corrected chi connectivity index (χ4v) is 2.89. The van der Waals surface area contributed by atoms with Crippen LogP contribution >= 0.6 is 0 Å². The Morgan fingerprint density at radius 3 is 2.64 bits per heavy atom. The van der Waals surface area contributed by atoms with Gasteiger partial charge in [-0.1, -0.05) is 13.3 Å². The maximum absolute atomic E-state index is 2.60. The zero-order chi connectivity index (χ0) is 7.90. The van der Waals surface area contributed by atoms with Crippen molar-refractivity contribution in [3.63, 3.8) is 0 Å². The molecule has 0 unspecified atom stereocenters. The smallest absolute Gasteiger partial charge is 0.0212 e. The summed E-state index contributed by atoms with van der Waals surface area (Å²) in [6, 6.07) is 0. The second-order valence-corrected chi connectivity index (χ2v) is 4.43. The van der Waals surface area contributed by atoms with Gasteiger partial charge in [0.1, 0.15) is 0 Å². The number of hydrogen-bond donors (Lipinski definition) is 0. The highest BCUT2D eigenvalue weighted by Crippen LogP contribution is 2.49. The Labute approximate surface area is 69.8 Å². The van der Waals surface area contributed by atoms with Crippen LogP contribution in [0.3, 0.4) is 0 Å². The van der Waals surface area contributed by atoms with Gasteiger partial charge in [-0.25, -0.2) is 0 Å². The third-order valence-corrected chi connectivity index (χ3v) is 3.86. The predicted molar refractivity (Wildman–Crippen MR) is 47.6 cm³/mol. The molecule has 2 fully saturated rings. The van der Waals surface area contributed by atoms with E-state index in [1.54, 1.807) is 0 Å². The Kier molecular flexibility index (Phi) is 1.71. The third-order valence-electron chi connectivity index (χ3n) is 3.86. The summed E-state index contributed by atoms with van der Waals surface area (Å²) in [4.78, 5) is 2.60. The van der Waals surface area contributed by atoms with Gasteiger partial charge >= 0.3 is 0 Å². The van der Waals surface area contributed by atoms with Crippen LogP contribution in [0, 0.1) is 5.92 Å². The first-order chi connectivity index (χ1) is 5.27. The first-order valence-corrected chi connectivity index (χ1v) is 4.98. The Balaban J connectivity index is 1.94.